The standard InChI is InChI=1S/C17H12BrClN2O2/c18-13-5-1-12(2-6-13)17(22)20-10-15-9-16(21-23-15)11-3-7-14(19)8-4-11/h1-9H,10H2,(H,20,22). The van der Waals surface area contributed by atoms with E-state index in [0.717, 1.165) is 10.0 Å². The summed E-state index contributed by atoms with van der Waals surface area (Å²) in [4.78, 5) is 12.0. The van der Waals surface area contributed by atoms with Crippen LogP contribution in [0.15, 0.2) is 63.6 Å². The van der Waals surface area contributed by atoms with Crippen molar-refractivity contribution in [2.45, 2.75) is 6.54 Å². The number of nitrogens with zero attached hydrogens (tertiary/aromatic N) is 1. The molecule has 0 spiro atoms. The van der Waals surface area contributed by atoms with E-state index in [1.807, 2.05) is 24.3 Å². The molecule has 3 aromatic rings. The van der Waals surface area contributed by atoms with E-state index in [4.69, 9.17) is 16.1 Å². The quantitative estimate of drug-likeness (QED) is 0.702. The molecule has 0 aliphatic carbocycles. The van der Waals surface area contributed by atoms with Crippen molar-refractivity contribution in [2.75, 3.05) is 0 Å². The van der Waals surface area contributed by atoms with E-state index in [9.17, 15) is 4.79 Å². The molecule has 0 fully saturated rings. The lowest BCUT2D eigenvalue weighted by Gasteiger charge is -2.02. The summed E-state index contributed by atoms with van der Waals surface area (Å²) in [6.45, 7) is 0.273. The van der Waals surface area contributed by atoms with Crippen LogP contribution in [0.5, 0.6) is 0 Å². The topological polar surface area (TPSA) is 55.1 Å². The third kappa shape index (κ3) is 4.00. The first-order valence-electron chi connectivity index (χ1n) is 6.87. The highest BCUT2D eigenvalue weighted by Gasteiger charge is 2.09. The van der Waals surface area contributed by atoms with E-state index in [-0.39, 0.29) is 12.5 Å². The third-order valence-corrected chi connectivity index (χ3v) is 4.01. The van der Waals surface area contributed by atoms with E-state index >= 15 is 0 Å². The zero-order valence-corrected chi connectivity index (χ0v) is 14.3. The predicted molar refractivity (Wildman–Crippen MR) is 92.3 cm³/mol. The maximum atomic E-state index is 12.0. The molecule has 6 heteroatoms. The van der Waals surface area contributed by atoms with Crippen LogP contribution in [0.1, 0.15) is 16.1 Å². The minimum absolute atomic E-state index is 0.165. The molecule has 116 valence electrons. The van der Waals surface area contributed by atoms with Crippen LogP contribution in [0.2, 0.25) is 5.02 Å². The van der Waals surface area contributed by atoms with Crippen molar-refractivity contribution in [2.24, 2.45) is 0 Å². The van der Waals surface area contributed by atoms with Crippen molar-refractivity contribution in [1.29, 1.82) is 0 Å². The van der Waals surface area contributed by atoms with Gasteiger partial charge in [0.05, 0.1) is 6.54 Å². The molecule has 0 radical (unpaired) electrons. The summed E-state index contributed by atoms with van der Waals surface area (Å²) in [5.41, 5.74) is 2.20. The SMILES string of the molecule is O=C(NCc1cc(-c2ccc(Cl)cc2)no1)c1ccc(Br)cc1. The number of aromatic nitrogens is 1. The molecular weight excluding hydrogens is 380 g/mol. The number of halogens is 2. The number of nitrogens with one attached hydrogen (secondary N) is 1. The Labute approximate surface area is 146 Å². The van der Waals surface area contributed by atoms with Gasteiger partial charge in [0, 0.05) is 26.7 Å². The molecule has 1 aromatic heterocycles. The average molecular weight is 392 g/mol. The highest BCUT2D eigenvalue weighted by molar-refractivity contribution is 9.10. The molecule has 1 amide bonds. The van der Waals surface area contributed by atoms with Gasteiger partial charge >= 0.3 is 0 Å². The summed E-state index contributed by atoms with van der Waals surface area (Å²) in [6.07, 6.45) is 0. The molecule has 1 heterocycles. The Bertz CT molecular complexity index is 813. The van der Waals surface area contributed by atoms with Crippen molar-refractivity contribution in [3.05, 3.63) is 75.4 Å². The van der Waals surface area contributed by atoms with E-state index in [1.165, 1.54) is 0 Å². The second-order valence-corrected chi connectivity index (χ2v) is 6.23. The smallest absolute Gasteiger partial charge is 0.251 e. The number of rotatable bonds is 4. The molecule has 0 aliphatic heterocycles. The van der Waals surface area contributed by atoms with Gasteiger partial charge in [0.25, 0.3) is 5.91 Å². The van der Waals surface area contributed by atoms with Crippen molar-refractivity contribution < 1.29 is 9.32 Å². The number of carbonyl (C=O) groups is 1. The molecule has 0 atom stereocenters. The Morgan fingerprint density at radius 2 is 1.83 bits per heavy atom. The lowest BCUT2D eigenvalue weighted by atomic mass is 10.1. The zero-order valence-electron chi connectivity index (χ0n) is 11.9. The minimum Gasteiger partial charge on any atom is -0.359 e. The molecule has 23 heavy (non-hydrogen) atoms. The second kappa shape index (κ2) is 6.98. The van der Waals surface area contributed by atoms with Crippen LogP contribution in [0, 0.1) is 0 Å². The van der Waals surface area contributed by atoms with Crippen LogP contribution in [-0.2, 0) is 6.54 Å². The molecule has 0 saturated carbocycles. The normalized spacial score (nSPS) is 10.5. The highest BCUT2D eigenvalue weighted by Crippen LogP contribution is 2.21. The maximum Gasteiger partial charge on any atom is 0.251 e. The summed E-state index contributed by atoms with van der Waals surface area (Å²) in [5.74, 6) is 0.419. The summed E-state index contributed by atoms with van der Waals surface area (Å²) >= 11 is 9.20. The van der Waals surface area contributed by atoms with Crippen LogP contribution in [-0.4, -0.2) is 11.1 Å². The largest absolute Gasteiger partial charge is 0.359 e. The van der Waals surface area contributed by atoms with Gasteiger partial charge in [0.1, 0.15) is 5.69 Å². The van der Waals surface area contributed by atoms with Gasteiger partial charge in [-0.2, -0.15) is 0 Å². The van der Waals surface area contributed by atoms with Crippen LogP contribution < -0.4 is 5.32 Å². The van der Waals surface area contributed by atoms with E-state index in [1.54, 1.807) is 30.3 Å². The van der Waals surface area contributed by atoms with Crippen LogP contribution >= 0.6 is 27.5 Å². The monoisotopic (exact) mass is 390 g/mol. The van der Waals surface area contributed by atoms with Crippen LogP contribution in [0.4, 0.5) is 0 Å². The van der Waals surface area contributed by atoms with E-state index in [0.29, 0.717) is 22.0 Å². The summed E-state index contributed by atoms with van der Waals surface area (Å²) < 4.78 is 6.18. The molecule has 0 saturated heterocycles. The maximum absolute atomic E-state index is 12.0. The number of amides is 1. The van der Waals surface area contributed by atoms with Gasteiger partial charge < -0.3 is 9.84 Å². The van der Waals surface area contributed by atoms with Crippen molar-refractivity contribution in [3.8, 4) is 11.3 Å². The Kier molecular flexibility index (Phi) is 4.79. The molecular formula is C17H12BrClN2O2. The average Bonchev–Trinajstić information content (AvgIpc) is 3.03. The first-order chi connectivity index (χ1) is 11.1. The van der Waals surface area contributed by atoms with Crippen molar-refractivity contribution in [1.82, 2.24) is 10.5 Å². The molecule has 0 bridgehead atoms. The lowest BCUT2D eigenvalue weighted by molar-refractivity contribution is 0.0947. The van der Waals surface area contributed by atoms with Crippen LogP contribution in [0.3, 0.4) is 0 Å². The second-order valence-electron chi connectivity index (χ2n) is 4.87. The van der Waals surface area contributed by atoms with Gasteiger partial charge in [-0.25, -0.2) is 0 Å². The molecule has 3 rings (SSSR count). The van der Waals surface area contributed by atoms with Crippen molar-refractivity contribution in [3.63, 3.8) is 0 Å². The minimum atomic E-state index is -0.165. The fraction of sp³-hybridized carbons (Fsp3) is 0.0588. The Hall–Kier alpha value is -2.11. The van der Waals surface area contributed by atoms with Gasteiger partial charge in [-0.3, -0.25) is 4.79 Å². The fourth-order valence-corrected chi connectivity index (χ4v) is 2.41. The van der Waals surface area contributed by atoms with Gasteiger partial charge in [0.15, 0.2) is 5.76 Å². The van der Waals surface area contributed by atoms with E-state index in [2.05, 4.69) is 26.4 Å². The Morgan fingerprint density at radius 3 is 2.52 bits per heavy atom. The molecule has 0 unspecified atom stereocenters. The number of carbonyl (C=O) groups excluding carboxylic acids is 1. The summed E-state index contributed by atoms with van der Waals surface area (Å²) in [6, 6.07) is 16.3. The molecule has 2 aromatic carbocycles. The number of benzene rings is 2. The lowest BCUT2D eigenvalue weighted by Crippen LogP contribution is -2.22. The van der Waals surface area contributed by atoms with Crippen LogP contribution in [0.25, 0.3) is 11.3 Å². The van der Waals surface area contributed by atoms with Gasteiger partial charge in [0.2, 0.25) is 0 Å². The molecule has 4 nitrogen and oxygen atoms in total. The van der Waals surface area contributed by atoms with Gasteiger partial charge in [-0.15, -0.1) is 0 Å². The first kappa shape index (κ1) is 15.8. The van der Waals surface area contributed by atoms with Crippen molar-refractivity contribution >= 4 is 33.4 Å². The molecule has 1 N–H and O–H groups in total. The van der Waals surface area contributed by atoms with E-state index < -0.39 is 0 Å². The predicted octanol–water partition coefficient (Wildman–Crippen LogP) is 4.69. The van der Waals surface area contributed by atoms with Gasteiger partial charge in [-0.1, -0.05) is 44.8 Å². The number of hydrogen-bond acceptors (Lipinski definition) is 3. The first-order valence-corrected chi connectivity index (χ1v) is 8.04. The zero-order chi connectivity index (χ0) is 16.2. The molecule has 0 aliphatic rings. The third-order valence-electron chi connectivity index (χ3n) is 3.23. The highest BCUT2D eigenvalue weighted by atomic mass is 79.9. The Balaban J connectivity index is 1.64. The van der Waals surface area contributed by atoms with Gasteiger partial charge in [-0.05, 0) is 36.4 Å². The summed E-state index contributed by atoms with van der Waals surface area (Å²) in [7, 11) is 0. The Morgan fingerprint density at radius 1 is 1.13 bits per heavy atom. The summed E-state index contributed by atoms with van der Waals surface area (Å²) in [5, 5.41) is 7.47. The fourth-order valence-electron chi connectivity index (χ4n) is 2.02. The number of hydrogen-bond donors (Lipinski definition) is 1.